The van der Waals surface area contributed by atoms with Gasteiger partial charge in [0.25, 0.3) is 0 Å². The average Bonchev–Trinajstić information content (AvgIpc) is 2.97. The van der Waals surface area contributed by atoms with E-state index in [1.54, 1.807) is 12.3 Å². The largest absolute Gasteiger partial charge is 0.438 e. The molecule has 1 aromatic carbocycles. The summed E-state index contributed by atoms with van der Waals surface area (Å²) in [5.41, 5.74) is 3.48. The van der Waals surface area contributed by atoms with Crippen molar-refractivity contribution in [2.24, 2.45) is 0 Å². The molecule has 2 aromatic heterocycles. The van der Waals surface area contributed by atoms with Crippen molar-refractivity contribution < 1.29 is 8.81 Å². The van der Waals surface area contributed by atoms with Crippen molar-refractivity contribution in [3.63, 3.8) is 0 Å². The van der Waals surface area contributed by atoms with Gasteiger partial charge >= 0.3 is 0 Å². The number of anilines is 1. The van der Waals surface area contributed by atoms with Crippen molar-refractivity contribution in [1.29, 1.82) is 0 Å². The van der Waals surface area contributed by atoms with Crippen LogP contribution in [0.3, 0.4) is 0 Å². The van der Waals surface area contributed by atoms with Gasteiger partial charge in [0, 0.05) is 24.3 Å². The summed E-state index contributed by atoms with van der Waals surface area (Å²) in [6.45, 7) is 4.61. The Morgan fingerprint density at radius 2 is 2.12 bits per heavy atom. The predicted molar refractivity (Wildman–Crippen MR) is 90.2 cm³/mol. The third kappa shape index (κ3) is 2.66. The van der Waals surface area contributed by atoms with E-state index in [1.807, 2.05) is 31.2 Å². The lowest BCUT2D eigenvalue weighted by Crippen LogP contribution is -2.38. The van der Waals surface area contributed by atoms with Crippen LogP contribution in [0.15, 0.2) is 47.0 Å². The summed E-state index contributed by atoms with van der Waals surface area (Å²) in [5, 5.41) is 0. The lowest BCUT2D eigenvalue weighted by Gasteiger charge is -2.34. The van der Waals surface area contributed by atoms with Crippen LogP contribution in [-0.4, -0.2) is 16.0 Å². The van der Waals surface area contributed by atoms with E-state index in [0.717, 1.165) is 34.8 Å². The highest BCUT2D eigenvalue weighted by atomic mass is 19.1. The molecule has 3 aromatic rings. The number of rotatable bonds is 2. The van der Waals surface area contributed by atoms with Gasteiger partial charge in [-0.1, -0.05) is 6.07 Å². The molecule has 0 amide bonds. The van der Waals surface area contributed by atoms with E-state index in [-0.39, 0.29) is 11.9 Å². The van der Waals surface area contributed by atoms with Gasteiger partial charge in [0.15, 0.2) is 0 Å². The summed E-state index contributed by atoms with van der Waals surface area (Å²) < 4.78 is 19.7. The molecule has 0 saturated carbocycles. The molecule has 1 aliphatic heterocycles. The van der Waals surface area contributed by atoms with Crippen molar-refractivity contribution >= 4 is 5.69 Å². The fraction of sp³-hybridized carbons (Fsp3) is 0.263. The zero-order valence-electron chi connectivity index (χ0n) is 13.7. The van der Waals surface area contributed by atoms with Crippen molar-refractivity contribution in [3.05, 3.63) is 65.4 Å². The minimum Gasteiger partial charge on any atom is -0.438 e. The molecule has 24 heavy (non-hydrogen) atoms. The quantitative estimate of drug-likeness (QED) is 0.711. The van der Waals surface area contributed by atoms with Crippen LogP contribution in [0, 0.1) is 12.7 Å². The monoisotopic (exact) mass is 323 g/mol. The molecule has 5 heteroatoms. The zero-order chi connectivity index (χ0) is 16.7. The third-order valence-corrected chi connectivity index (χ3v) is 4.36. The molecular formula is C19H18FN3O. The van der Waals surface area contributed by atoms with E-state index in [1.165, 1.54) is 6.07 Å². The maximum Gasteiger partial charge on any atom is 0.245 e. The first-order chi connectivity index (χ1) is 11.6. The molecule has 0 spiro atoms. The van der Waals surface area contributed by atoms with Crippen LogP contribution in [0.5, 0.6) is 0 Å². The van der Waals surface area contributed by atoms with Gasteiger partial charge < -0.3 is 9.32 Å². The SMILES string of the molecule is Cc1cc(F)cc(N2Cc3oc(-c4ccccn4)nc3CC2C)c1. The minimum atomic E-state index is -0.213. The Morgan fingerprint density at radius 3 is 2.88 bits per heavy atom. The smallest absolute Gasteiger partial charge is 0.245 e. The Labute approximate surface area is 140 Å². The summed E-state index contributed by atoms with van der Waals surface area (Å²) in [7, 11) is 0. The second kappa shape index (κ2) is 5.74. The van der Waals surface area contributed by atoms with Crippen molar-refractivity contribution in [1.82, 2.24) is 9.97 Å². The van der Waals surface area contributed by atoms with Crippen LogP contribution in [0.4, 0.5) is 10.1 Å². The molecular weight excluding hydrogens is 305 g/mol. The van der Waals surface area contributed by atoms with E-state index in [9.17, 15) is 4.39 Å². The van der Waals surface area contributed by atoms with E-state index in [0.29, 0.717) is 12.4 Å². The molecule has 0 saturated heterocycles. The van der Waals surface area contributed by atoms with Crippen molar-refractivity contribution in [3.8, 4) is 11.6 Å². The number of benzene rings is 1. The Morgan fingerprint density at radius 1 is 1.25 bits per heavy atom. The molecule has 0 fully saturated rings. The second-order valence-corrected chi connectivity index (χ2v) is 6.27. The van der Waals surface area contributed by atoms with E-state index < -0.39 is 0 Å². The zero-order valence-corrected chi connectivity index (χ0v) is 13.7. The highest BCUT2D eigenvalue weighted by molar-refractivity contribution is 5.53. The Balaban J connectivity index is 1.68. The topological polar surface area (TPSA) is 42.2 Å². The molecule has 1 aliphatic rings. The number of pyridine rings is 1. The average molecular weight is 323 g/mol. The fourth-order valence-corrected chi connectivity index (χ4v) is 3.19. The van der Waals surface area contributed by atoms with Gasteiger partial charge in [0.1, 0.15) is 17.3 Å². The Bertz CT molecular complexity index is 855. The van der Waals surface area contributed by atoms with Gasteiger partial charge in [-0.3, -0.25) is 4.98 Å². The fourth-order valence-electron chi connectivity index (χ4n) is 3.19. The molecule has 0 radical (unpaired) electrons. The van der Waals surface area contributed by atoms with Gasteiger partial charge in [-0.15, -0.1) is 0 Å². The molecule has 3 heterocycles. The number of aryl methyl sites for hydroxylation is 1. The summed E-state index contributed by atoms with van der Waals surface area (Å²) in [4.78, 5) is 11.1. The standard InChI is InChI=1S/C19H18FN3O/c1-12-7-14(20)10-15(8-12)23-11-18-17(9-13(23)2)22-19(24-18)16-5-3-4-6-21-16/h3-8,10,13H,9,11H2,1-2H3. The summed E-state index contributed by atoms with van der Waals surface area (Å²) in [5.74, 6) is 1.16. The first-order valence-electron chi connectivity index (χ1n) is 8.04. The molecule has 0 aliphatic carbocycles. The van der Waals surface area contributed by atoms with Gasteiger partial charge in [-0.05, 0) is 49.7 Å². The van der Waals surface area contributed by atoms with Gasteiger partial charge in [0.2, 0.25) is 5.89 Å². The highest BCUT2D eigenvalue weighted by Crippen LogP contribution is 2.31. The van der Waals surface area contributed by atoms with Crippen LogP contribution in [-0.2, 0) is 13.0 Å². The first kappa shape index (κ1) is 14.9. The van der Waals surface area contributed by atoms with Crippen molar-refractivity contribution in [2.45, 2.75) is 32.9 Å². The second-order valence-electron chi connectivity index (χ2n) is 6.27. The molecule has 122 valence electrons. The first-order valence-corrected chi connectivity index (χ1v) is 8.04. The number of oxazole rings is 1. The number of aromatic nitrogens is 2. The lowest BCUT2D eigenvalue weighted by molar-refractivity contribution is 0.468. The Kier molecular flexibility index (Phi) is 3.56. The molecule has 0 N–H and O–H groups in total. The number of nitrogens with zero attached hydrogens (tertiary/aromatic N) is 3. The Hall–Kier alpha value is -2.69. The van der Waals surface area contributed by atoms with Crippen LogP contribution < -0.4 is 4.90 Å². The number of halogens is 1. The summed E-state index contributed by atoms with van der Waals surface area (Å²) >= 11 is 0. The van der Waals surface area contributed by atoms with Crippen molar-refractivity contribution in [2.75, 3.05) is 4.90 Å². The van der Waals surface area contributed by atoms with Gasteiger partial charge in [0.05, 0.1) is 12.2 Å². The van der Waals surface area contributed by atoms with E-state index >= 15 is 0 Å². The van der Waals surface area contributed by atoms with Gasteiger partial charge in [-0.25, -0.2) is 9.37 Å². The molecule has 0 bridgehead atoms. The minimum absolute atomic E-state index is 0.213. The van der Waals surface area contributed by atoms with Crippen LogP contribution in [0.2, 0.25) is 0 Å². The number of hydrogen-bond acceptors (Lipinski definition) is 4. The third-order valence-electron chi connectivity index (χ3n) is 4.36. The number of fused-ring (bicyclic) bond motifs is 1. The molecule has 1 unspecified atom stereocenters. The molecule has 1 atom stereocenters. The van der Waals surface area contributed by atoms with Crippen LogP contribution in [0.25, 0.3) is 11.6 Å². The van der Waals surface area contributed by atoms with E-state index in [4.69, 9.17) is 4.42 Å². The maximum atomic E-state index is 13.8. The highest BCUT2D eigenvalue weighted by Gasteiger charge is 2.28. The maximum absolute atomic E-state index is 13.8. The number of hydrogen-bond donors (Lipinski definition) is 0. The molecule has 4 rings (SSSR count). The molecule has 4 nitrogen and oxygen atoms in total. The summed E-state index contributed by atoms with van der Waals surface area (Å²) in [6.07, 6.45) is 2.49. The normalized spacial score (nSPS) is 17.0. The van der Waals surface area contributed by atoms with Crippen LogP contribution >= 0.6 is 0 Å². The predicted octanol–water partition coefficient (Wildman–Crippen LogP) is 4.14. The van der Waals surface area contributed by atoms with E-state index in [2.05, 4.69) is 21.8 Å². The van der Waals surface area contributed by atoms with Gasteiger partial charge in [-0.2, -0.15) is 0 Å². The lowest BCUT2D eigenvalue weighted by atomic mass is 10.0. The van der Waals surface area contributed by atoms with Crippen LogP contribution in [0.1, 0.15) is 23.9 Å². The summed E-state index contributed by atoms with van der Waals surface area (Å²) in [6, 6.07) is 11.0.